The Labute approximate surface area is 93.5 Å². The number of carboxylic acids is 2. The average molecular weight is 222 g/mol. The maximum Gasteiger partial charge on any atom is 0.310 e. The van der Waals surface area contributed by atoms with Crippen LogP contribution in [0.1, 0.15) is 36.8 Å². The molecule has 0 fully saturated rings. The van der Waals surface area contributed by atoms with Crippen molar-refractivity contribution in [2.75, 3.05) is 0 Å². The zero-order chi connectivity index (χ0) is 12.3. The minimum absolute atomic E-state index is 0.623. The Balaban J connectivity index is 3.04. The molecule has 1 aromatic carbocycles. The Morgan fingerprint density at radius 3 is 1.69 bits per heavy atom. The van der Waals surface area contributed by atoms with Gasteiger partial charge in [-0.3, -0.25) is 9.59 Å². The van der Waals surface area contributed by atoms with Gasteiger partial charge >= 0.3 is 11.9 Å². The molecule has 2 N–H and O–H groups in total. The molecule has 0 aliphatic heterocycles. The molecule has 0 radical (unpaired) electrons. The van der Waals surface area contributed by atoms with Gasteiger partial charge < -0.3 is 10.2 Å². The van der Waals surface area contributed by atoms with Gasteiger partial charge in [-0.1, -0.05) is 24.3 Å². The molecular formula is C12H14O4. The van der Waals surface area contributed by atoms with Crippen molar-refractivity contribution in [1.29, 1.82) is 0 Å². The van der Waals surface area contributed by atoms with Crippen molar-refractivity contribution in [3.63, 3.8) is 0 Å². The summed E-state index contributed by atoms with van der Waals surface area (Å²) in [6.45, 7) is 3.15. The van der Waals surface area contributed by atoms with Gasteiger partial charge in [0.25, 0.3) is 0 Å². The summed E-state index contributed by atoms with van der Waals surface area (Å²) >= 11 is 0. The second-order valence-electron chi connectivity index (χ2n) is 3.79. The molecule has 0 saturated carbocycles. The van der Waals surface area contributed by atoms with E-state index in [0.717, 1.165) is 0 Å². The summed E-state index contributed by atoms with van der Waals surface area (Å²) in [7, 11) is 0. The SMILES string of the molecule is CC(C(=O)O)c1cccc(C(C)C(=O)O)c1. The summed E-state index contributed by atoms with van der Waals surface area (Å²) in [5, 5.41) is 17.7. The predicted octanol–water partition coefficient (Wildman–Crippen LogP) is 2.06. The lowest BCUT2D eigenvalue weighted by Crippen LogP contribution is -2.10. The van der Waals surface area contributed by atoms with Gasteiger partial charge in [0, 0.05) is 0 Å². The van der Waals surface area contributed by atoms with Gasteiger partial charge in [0.1, 0.15) is 0 Å². The summed E-state index contributed by atoms with van der Waals surface area (Å²) in [5.74, 6) is -3.08. The number of carbonyl (C=O) groups is 2. The van der Waals surface area contributed by atoms with Crippen molar-refractivity contribution in [3.8, 4) is 0 Å². The minimum atomic E-state index is -0.917. The van der Waals surface area contributed by atoms with E-state index in [-0.39, 0.29) is 0 Å². The van der Waals surface area contributed by atoms with Crippen molar-refractivity contribution >= 4 is 11.9 Å². The van der Waals surface area contributed by atoms with Crippen LogP contribution in [0, 0.1) is 0 Å². The highest BCUT2D eigenvalue weighted by Gasteiger charge is 2.17. The molecule has 0 saturated heterocycles. The van der Waals surface area contributed by atoms with E-state index in [1.54, 1.807) is 38.1 Å². The number of hydrogen-bond acceptors (Lipinski definition) is 2. The van der Waals surface area contributed by atoms with Crippen LogP contribution in [-0.4, -0.2) is 22.2 Å². The molecule has 0 amide bonds. The number of hydrogen-bond donors (Lipinski definition) is 2. The van der Waals surface area contributed by atoms with Gasteiger partial charge in [-0.05, 0) is 25.0 Å². The van der Waals surface area contributed by atoms with E-state index in [9.17, 15) is 9.59 Å². The second-order valence-corrected chi connectivity index (χ2v) is 3.79. The Kier molecular flexibility index (Phi) is 3.66. The molecule has 0 bridgehead atoms. The molecule has 0 heterocycles. The van der Waals surface area contributed by atoms with Crippen LogP contribution < -0.4 is 0 Å². The van der Waals surface area contributed by atoms with E-state index in [1.807, 2.05) is 0 Å². The molecule has 4 nitrogen and oxygen atoms in total. The van der Waals surface area contributed by atoms with E-state index < -0.39 is 23.8 Å². The normalized spacial score (nSPS) is 14.1. The minimum Gasteiger partial charge on any atom is -0.481 e. The Morgan fingerprint density at radius 2 is 1.38 bits per heavy atom. The molecule has 1 aromatic rings. The first-order valence-corrected chi connectivity index (χ1v) is 4.99. The van der Waals surface area contributed by atoms with Crippen LogP contribution in [-0.2, 0) is 9.59 Å². The first-order chi connectivity index (χ1) is 7.43. The first kappa shape index (κ1) is 12.2. The Hall–Kier alpha value is -1.84. The number of rotatable bonds is 4. The average Bonchev–Trinajstić information content (AvgIpc) is 2.26. The summed E-state index contributed by atoms with van der Waals surface area (Å²) in [6.07, 6.45) is 0. The van der Waals surface area contributed by atoms with Crippen molar-refractivity contribution in [2.45, 2.75) is 25.7 Å². The monoisotopic (exact) mass is 222 g/mol. The predicted molar refractivity (Wildman–Crippen MR) is 58.5 cm³/mol. The molecule has 0 aliphatic rings. The fraction of sp³-hybridized carbons (Fsp3) is 0.333. The fourth-order valence-corrected chi connectivity index (χ4v) is 1.38. The summed E-state index contributed by atoms with van der Waals surface area (Å²) in [6, 6.07) is 6.70. The van der Waals surface area contributed by atoms with E-state index in [2.05, 4.69) is 0 Å². The van der Waals surface area contributed by atoms with Gasteiger partial charge in [0.15, 0.2) is 0 Å². The van der Waals surface area contributed by atoms with Crippen LogP contribution in [0.4, 0.5) is 0 Å². The lowest BCUT2D eigenvalue weighted by Gasteiger charge is -2.11. The van der Waals surface area contributed by atoms with Crippen LogP contribution in [0.5, 0.6) is 0 Å². The summed E-state index contributed by atoms with van der Waals surface area (Å²) in [5.41, 5.74) is 1.25. The largest absolute Gasteiger partial charge is 0.481 e. The molecule has 16 heavy (non-hydrogen) atoms. The Bertz CT molecular complexity index is 376. The zero-order valence-corrected chi connectivity index (χ0v) is 9.18. The van der Waals surface area contributed by atoms with Crippen LogP contribution in [0.25, 0.3) is 0 Å². The molecule has 2 atom stereocenters. The lowest BCUT2D eigenvalue weighted by atomic mass is 9.94. The summed E-state index contributed by atoms with van der Waals surface area (Å²) in [4.78, 5) is 21.6. The van der Waals surface area contributed by atoms with E-state index in [4.69, 9.17) is 10.2 Å². The third-order valence-corrected chi connectivity index (χ3v) is 2.65. The lowest BCUT2D eigenvalue weighted by molar-refractivity contribution is -0.139. The molecule has 2 unspecified atom stereocenters. The maximum atomic E-state index is 10.8. The van der Waals surface area contributed by atoms with Gasteiger partial charge in [-0.25, -0.2) is 0 Å². The van der Waals surface area contributed by atoms with Crippen LogP contribution in [0.3, 0.4) is 0 Å². The third kappa shape index (κ3) is 2.59. The van der Waals surface area contributed by atoms with Crippen molar-refractivity contribution in [3.05, 3.63) is 35.4 Å². The van der Waals surface area contributed by atoms with Gasteiger partial charge in [0.2, 0.25) is 0 Å². The highest BCUT2D eigenvalue weighted by molar-refractivity contribution is 5.77. The quantitative estimate of drug-likeness (QED) is 0.817. The molecule has 4 heteroatoms. The van der Waals surface area contributed by atoms with Crippen LogP contribution in [0.2, 0.25) is 0 Å². The number of aliphatic carboxylic acids is 2. The second kappa shape index (κ2) is 4.79. The van der Waals surface area contributed by atoms with Crippen LogP contribution in [0.15, 0.2) is 24.3 Å². The smallest absolute Gasteiger partial charge is 0.310 e. The van der Waals surface area contributed by atoms with Gasteiger partial charge in [0.05, 0.1) is 11.8 Å². The molecule has 0 aromatic heterocycles. The molecule has 0 spiro atoms. The fourth-order valence-electron chi connectivity index (χ4n) is 1.38. The van der Waals surface area contributed by atoms with E-state index >= 15 is 0 Å². The third-order valence-electron chi connectivity index (χ3n) is 2.65. The van der Waals surface area contributed by atoms with Crippen molar-refractivity contribution < 1.29 is 19.8 Å². The number of carboxylic acid groups (broad SMARTS) is 2. The van der Waals surface area contributed by atoms with E-state index in [1.165, 1.54) is 0 Å². The molecule has 0 aliphatic carbocycles. The van der Waals surface area contributed by atoms with Crippen LogP contribution >= 0.6 is 0 Å². The van der Waals surface area contributed by atoms with Crippen molar-refractivity contribution in [2.24, 2.45) is 0 Å². The number of benzene rings is 1. The highest BCUT2D eigenvalue weighted by atomic mass is 16.4. The van der Waals surface area contributed by atoms with E-state index in [0.29, 0.717) is 11.1 Å². The topological polar surface area (TPSA) is 74.6 Å². The molecule has 86 valence electrons. The standard InChI is InChI=1S/C12H14O4/c1-7(11(13)14)9-4-3-5-10(6-9)8(2)12(15)16/h3-8H,1-2H3,(H,13,14)(H,15,16). The summed E-state index contributed by atoms with van der Waals surface area (Å²) < 4.78 is 0. The molecule has 1 rings (SSSR count). The van der Waals surface area contributed by atoms with Gasteiger partial charge in [-0.15, -0.1) is 0 Å². The first-order valence-electron chi connectivity index (χ1n) is 4.99. The maximum absolute atomic E-state index is 10.8. The Morgan fingerprint density at radius 1 is 1.00 bits per heavy atom. The van der Waals surface area contributed by atoms with Gasteiger partial charge in [-0.2, -0.15) is 0 Å². The van der Waals surface area contributed by atoms with Crippen molar-refractivity contribution in [1.82, 2.24) is 0 Å². The zero-order valence-electron chi connectivity index (χ0n) is 9.18. The highest BCUT2D eigenvalue weighted by Crippen LogP contribution is 2.21. The molecular weight excluding hydrogens is 208 g/mol.